The monoisotopic (exact) mass is 352 g/mol. The number of hydrogen-bond donors (Lipinski definition) is 1. The summed E-state index contributed by atoms with van der Waals surface area (Å²) in [4.78, 5) is 0. The summed E-state index contributed by atoms with van der Waals surface area (Å²) in [5, 5.41) is 10.2. The van der Waals surface area contributed by atoms with Gasteiger partial charge in [-0.2, -0.15) is 0 Å². The second-order valence-electron chi connectivity index (χ2n) is 7.03. The molecular formula is C18H25BrO2. The van der Waals surface area contributed by atoms with Crippen molar-refractivity contribution >= 4 is 15.9 Å². The summed E-state index contributed by atoms with van der Waals surface area (Å²) in [6, 6.07) is 3.65. The van der Waals surface area contributed by atoms with Crippen molar-refractivity contribution in [2.75, 3.05) is 7.11 Å². The van der Waals surface area contributed by atoms with Crippen molar-refractivity contribution in [3.63, 3.8) is 0 Å². The van der Waals surface area contributed by atoms with E-state index in [4.69, 9.17) is 4.74 Å². The molecule has 116 valence electrons. The number of aromatic hydroxyl groups is 1. The van der Waals surface area contributed by atoms with E-state index in [9.17, 15) is 5.11 Å². The average molecular weight is 353 g/mol. The van der Waals surface area contributed by atoms with Gasteiger partial charge in [-0.15, -0.1) is 0 Å². The molecule has 0 spiro atoms. The Bertz CT molecular complexity index is 548. The maximum Gasteiger partial charge on any atom is 0.133 e. The normalized spacial score (nSPS) is 24.9. The van der Waals surface area contributed by atoms with E-state index in [-0.39, 0.29) is 5.41 Å². The summed E-state index contributed by atoms with van der Waals surface area (Å²) in [6.07, 6.45) is 3.10. The van der Waals surface area contributed by atoms with Crippen LogP contribution in [0.2, 0.25) is 0 Å². The lowest BCUT2D eigenvalue weighted by atomic mass is 9.62. The number of phenols is 1. The lowest BCUT2D eigenvalue weighted by Crippen LogP contribution is -2.34. The minimum Gasteiger partial charge on any atom is -0.508 e. The van der Waals surface area contributed by atoms with Crippen molar-refractivity contribution < 1.29 is 9.84 Å². The number of halogens is 1. The van der Waals surface area contributed by atoms with E-state index >= 15 is 0 Å². The molecule has 0 aliphatic heterocycles. The van der Waals surface area contributed by atoms with Crippen LogP contribution in [0, 0.1) is 17.3 Å². The minimum atomic E-state index is 0.210. The fraction of sp³-hybridized carbons (Fsp3) is 0.556. The molecule has 2 nitrogen and oxygen atoms in total. The summed E-state index contributed by atoms with van der Waals surface area (Å²) in [5.74, 6) is 2.17. The molecule has 1 aliphatic carbocycles. The second kappa shape index (κ2) is 6.04. The standard InChI is InChI=1S/C18H25BrO2/c1-11-6-12(2)14(18(3,4)10-11)7-13-8-17(21-5)15(19)9-16(13)20/h8-9,11,14,20H,2,6-7,10H2,1,3-5H3. The van der Waals surface area contributed by atoms with E-state index in [0.717, 1.165) is 28.6 Å². The summed E-state index contributed by atoms with van der Waals surface area (Å²) in [7, 11) is 1.64. The van der Waals surface area contributed by atoms with Crippen LogP contribution in [0.25, 0.3) is 0 Å². The molecule has 1 aromatic carbocycles. The zero-order chi connectivity index (χ0) is 15.8. The summed E-state index contributed by atoms with van der Waals surface area (Å²) >= 11 is 3.41. The quantitative estimate of drug-likeness (QED) is 0.744. The number of allylic oxidation sites excluding steroid dienone is 1. The molecule has 0 heterocycles. The number of methoxy groups -OCH3 is 1. The molecule has 21 heavy (non-hydrogen) atoms. The number of hydrogen-bond acceptors (Lipinski definition) is 2. The first-order valence-electron chi connectivity index (χ1n) is 7.47. The van der Waals surface area contributed by atoms with Crippen LogP contribution in [0.4, 0.5) is 0 Å². The van der Waals surface area contributed by atoms with E-state index in [1.165, 1.54) is 12.0 Å². The third-order valence-corrected chi connectivity index (χ3v) is 5.32. The van der Waals surface area contributed by atoms with Crippen LogP contribution in [0.15, 0.2) is 28.8 Å². The van der Waals surface area contributed by atoms with Crippen LogP contribution >= 0.6 is 15.9 Å². The highest BCUT2D eigenvalue weighted by molar-refractivity contribution is 9.10. The molecule has 0 amide bonds. The van der Waals surface area contributed by atoms with Gasteiger partial charge in [0, 0.05) is 0 Å². The van der Waals surface area contributed by atoms with Crippen LogP contribution in [-0.4, -0.2) is 12.2 Å². The fourth-order valence-corrected chi connectivity index (χ4v) is 4.29. The van der Waals surface area contributed by atoms with E-state index < -0.39 is 0 Å². The Morgan fingerprint density at radius 3 is 2.67 bits per heavy atom. The molecule has 0 aromatic heterocycles. The molecule has 1 fully saturated rings. The molecule has 0 bridgehead atoms. The number of benzene rings is 1. The molecule has 1 saturated carbocycles. The van der Waals surface area contributed by atoms with Crippen molar-refractivity contribution in [3.05, 3.63) is 34.3 Å². The smallest absolute Gasteiger partial charge is 0.133 e. The first kappa shape index (κ1) is 16.4. The van der Waals surface area contributed by atoms with Crippen molar-refractivity contribution in [1.29, 1.82) is 0 Å². The third-order valence-electron chi connectivity index (χ3n) is 4.70. The average Bonchev–Trinajstić information content (AvgIpc) is 2.35. The van der Waals surface area contributed by atoms with Gasteiger partial charge in [0.1, 0.15) is 11.5 Å². The van der Waals surface area contributed by atoms with Crippen LogP contribution in [0.1, 0.15) is 39.2 Å². The predicted octanol–water partition coefficient (Wildman–Crippen LogP) is 5.33. The number of ether oxygens (including phenoxy) is 1. The summed E-state index contributed by atoms with van der Waals surface area (Å²) in [5.41, 5.74) is 2.45. The first-order chi connectivity index (χ1) is 9.74. The molecule has 1 N–H and O–H groups in total. The van der Waals surface area contributed by atoms with Gasteiger partial charge in [-0.1, -0.05) is 32.9 Å². The molecule has 0 radical (unpaired) electrons. The van der Waals surface area contributed by atoms with Gasteiger partial charge in [-0.05, 0) is 70.1 Å². The highest BCUT2D eigenvalue weighted by atomic mass is 79.9. The van der Waals surface area contributed by atoms with E-state index in [2.05, 4.69) is 43.3 Å². The van der Waals surface area contributed by atoms with E-state index in [1.54, 1.807) is 13.2 Å². The lowest BCUT2D eigenvalue weighted by molar-refractivity contribution is 0.151. The van der Waals surface area contributed by atoms with Crippen molar-refractivity contribution in [2.45, 2.75) is 40.0 Å². The van der Waals surface area contributed by atoms with Gasteiger partial charge in [-0.3, -0.25) is 0 Å². The van der Waals surface area contributed by atoms with Gasteiger partial charge < -0.3 is 9.84 Å². The lowest BCUT2D eigenvalue weighted by Gasteiger charge is -2.43. The minimum absolute atomic E-state index is 0.210. The Morgan fingerprint density at radius 2 is 2.10 bits per heavy atom. The second-order valence-corrected chi connectivity index (χ2v) is 7.89. The molecule has 2 unspecified atom stereocenters. The maximum atomic E-state index is 10.2. The molecule has 2 rings (SSSR count). The molecular weight excluding hydrogens is 328 g/mol. The maximum absolute atomic E-state index is 10.2. The molecule has 1 aromatic rings. The van der Waals surface area contributed by atoms with Gasteiger partial charge in [0.25, 0.3) is 0 Å². The molecule has 2 atom stereocenters. The van der Waals surface area contributed by atoms with Gasteiger partial charge in [0.15, 0.2) is 0 Å². The Balaban J connectivity index is 2.30. The Labute approximate surface area is 136 Å². The van der Waals surface area contributed by atoms with E-state index in [1.807, 2.05) is 6.07 Å². The van der Waals surface area contributed by atoms with Gasteiger partial charge in [0.05, 0.1) is 11.6 Å². The van der Waals surface area contributed by atoms with Crippen LogP contribution in [0.3, 0.4) is 0 Å². The first-order valence-corrected chi connectivity index (χ1v) is 8.27. The Hall–Kier alpha value is -0.960. The largest absolute Gasteiger partial charge is 0.508 e. The summed E-state index contributed by atoms with van der Waals surface area (Å²) < 4.78 is 6.12. The van der Waals surface area contributed by atoms with Crippen molar-refractivity contribution in [3.8, 4) is 11.5 Å². The van der Waals surface area contributed by atoms with E-state index in [0.29, 0.717) is 17.6 Å². The van der Waals surface area contributed by atoms with Gasteiger partial charge in [-0.25, -0.2) is 0 Å². The van der Waals surface area contributed by atoms with Gasteiger partial charge >= 0.3 is 0 Å². The van der Waals surface area contributed by atoms with Crippen LogP contribution < -0.4 is 4.74 Å². The number of rotatable bonds is 3. The Kier molecular flexibility index (Phi) is 4.72. The Morgan fingerprint density at radius 1 is 1.43 bits per heavy atom. The van der Waals surface area contributed by atoms with Crippen molar-refractivity contribution in [1.82, 2.24) is 0 Å². The zero-order valence-electron chi connectivity index (χ0n) is 13.4. The van der Waals surface area contributed by atoms with Crippen molar-refractivity contribution in [2.24, 2.45) is 17.3 Å². The summed E-state index contributed by atoms with van der Waals surface area (Å²) in [6.45, 7) is 11.2. The third kappa shape index (κ3) is 3.45. The van der Waals surface area contributed by atoms with Crippen LogP contribution in [-0.2, 0) is 6.42 Å². The molecule has 3 heteroatoms. The highest BCUT2D eigenvalue weighted by Crippen LogP contribution is 2.48. The molecule has 1 aliphatic rings. The molecule has 0 saturated heterocycles. The fourth-order valence-electron chi connectivity index (χ4n) is 3.80. The predicted molar refractivity (Wildman–Crippen MR) is 90.9 cm³/mol. The zero-order valence-corrected chi connectivity index (χ0v) is 15.0. The van der Waals surface area contributed by atoms with Gasteiger partial charge in [0.2, 0.25) is 0 Å². The topological polar surface area (TPSA) is 29.5 Å². The highest BCUT2D eigenvalue weighted by Gasteiger charge is 2.37. The number of phenolic OH excluding ortho intramolecular Hbond substituents is 1. The SMILES string of the molecule is C=C1CC(C)CC(C)(C)C1Cc1cc(OC)c(Br)cc1O. The van der Waals surface area contributed by atoms with Crippen LogP contribution in [0.5, 0.6) is 11.5 Å².